The Bertz CT molecular complexity index is 864. The summed E-state index contributed by atoms with van der Waals surface area (Å²) < 4.78 is 5.42. The summed E-state index contributed by atoms with van der Waals surface area (Å²) in [7, 11) is 0. The minimum Gasteiger partial charge on any atom is -0.381 e. The van der Waals surface area contributed by atoms with E-state index in [-0.39, 0.29) is 0 Å². The molecule has 4 N–H and O–H groups in total. The van der Waals surface area contributed by atoms with E-state index in [2.05, 4.69) is 39.6 Å². The summed E-state index contributed by atoms with van der Waals surface area (Å²) >= 11 is 0. The molecule has 0 bridgehead atoms. The Morgan fingerprint density at radius 1 is 1.17 bits per heavy atom. The fourth-order valence-corrected chi connectivity index (χ4v) is 4.29. The van der Waals surface area contributed by atoms with Gasteiger partial charge in [0.1, 0.15) is 5.82 Å². The molecule has 2 fully saturated rings. The molecule has 0 spiro atoms. The number of hydrogen-bond donors (Lipinski definition) is 3. The topological polar surface area (TPSA) is 92.5 Å². The summed E-state index contributed by atoms with van der Waals surface area (Å²) in [6.45, 7) is 5.63. The first-order valence-corrected chi connectivity index (χ1v) is 10.9. The third-order valence-corrected chi connectivity index (χ3v) is 6.14. The van der Waals surface area contributed by atoms with Gasteiger partial charge in [0.2, 0.25) is 0 Å². The molecular formula is C23H31N5O2. The molecule has 1 aliphatic carbocycles. The Morgan fingerprint density at radius 3 is 2.60 bits per heavy atom. The lowest BCUT2D eigenvalue weighted by Gasteiger charge is -2.31. The first-order chi connectivity index (χ1) is 14.6. The molecule has 4 rings (SSSR count). The highest BCUT2D eigenvalue weighted by Crippen LogP contribution is 2.29. The van der Waals surface area contributed by atoms with Crippen LogP contribution >= 0.6 is 0 Å². The van der Waals surface area contributed by atoms with Crippen molar-refractivity contribution in [1.29, 1.82) is 0 Å². The van der Waals surface area contributed by atoms with E-state index in [0.29, 0.717) is 23.3 Å². The number of nitrogens with one attached hydrogen (secondary N) is 2. The summed E-state index contributed by atoms with van der Waals surface area (Å²) in [5.41, 5.74) is 8.91. The van der Waals surface area contributed by atoms with Crippen LogP contribution in [0.5, 0.6) is 0 Å². The number of nitrogens with zero attached hydrogens (tertiary/aromatic N) is 2. The number of ether oxygens (including phenoxy) is 1. The minimum absolute atomic E-state index is 0.347. The van der Waals surface area contributed by atoms with Gasteiger partial charge >= 0.3 is 0 Å². The minimum atomic E-state index is -0.463. The highest BCUT2D eigenvalue weighted by molar-refractivity contribution is 5.98. The largest absolute Gasteiger partial charge is 0.381 e. The molecule has 1 saturated carbocycles. The first-order valence-electron chi connectivity index (χ1n) is 10.9. The molecule has 2 aromatic rings. The van der Waals surface area contributed by atoms with Gasteiger partial charge in [-0.3, -0.25) is 4.79 Å². The summed E-state index contributed by atoms with van der Waals surface area (Å²) in [5, 5.41) is 6.90. The van der Waals surface area contributed by atoms with Gasteiger partial charge in [0.25, 0.3) is 5.91 Å². The number of aromatic nitrogens is 1. The van der Waals surface area contributed by atoms with Crippen molar-refractivity contribution in [2.75, 3.05) is 41.8 Å². The lowest BCUT2D eigenvalue weighted by Crippen LogP contribution is -2.36. The van der Waals surface area contributed by atoms with Crippen LogP contribution in [0.4, 0.5) is 22.9 Å². The third kappa shape index (κ3) is 4.84. The zero-order valence-corrected chi connectivity index (χ0v) is 17.6. The molecule has 160 valence electrons. The van der Waals surface area contributed by atoms with Crippen molar-refractivity contribution in [2.45, 2.75) is 38.6 Å². The number of carbonyl (C=O) groups excluding carboxylic acids is 1. The van der Waals surface area contributed by atoms with E-state index in [4.69, 9.17) is 10.5 Å². The molecule has 1 aromatic heterocycles. The number of anilines is 4. The maximum Gasteiger partial charge on any atom is 0.252 e. The molecule has 2 atom stereocenters. The van der Waals surface area contributed by atoms with Crippen LogP contribution in [-0.4, -0.2) is 43.2 Å². The number of amides is 1. The van der Waals surface area contributed by atoms with Gasteiger partial charge in [0.15, 0.2) is 0 Å². The second-order valence-corrected chi connectivity index (χ2v) is 8.26. The van der Waals surface area contributed by atoms with Gasteiger partial charge in [0, 0.05) is 42.8 Å². The molecular weight excluding hydrogens is 378 g/mol. The number of rotatable bonds is 6. The quantitative estimate of drug-likeness (QED) is 0.673. The van der Waals surface area contributed by atoms with Gasteiger partial charge in [-0.1, -0.05) is 19.8 Å². The summed E-state index contributed by atoms with van der Waals surface area (Å²) in [4.78, 5) is 18.6. The van der Waals surface area contributed by atoms with Gasteiger partial charge in [-0.25, -0.2) is 4.98 Å². The average Bonchev–Trinajstić information content (AvgIpc) is 2.76. The summed E-state index contributed by atoms with van der Waals surface area (Å²) in [6.07, 6.45) is 6.34. The Kier molecular flexibility index (Phi) is 6.38. The third-order valence-electron chi connectivity index (χ3n) is 6.14. The molecule has 0 radical (unpaired) electrons. The zero-order chi connectivity index (χ0) is 20.9. The monoisotopic (exact) mass is 409 g/mol. The van der Waals surface area contributed by atoms with Gasteiger partial charge in [-0.15, -0.1) is 0 Å². The van der Waals surface area contributed by atoms with Crippen LogP contribution in [0.25, 0.3) is 0 Å². The van der Waals surface area contributed by atoms with E-state index in [1.807, 2.05) is 18.2 Å². The number of carbonyl (C=O) groups is 1. The Balaban J connectivity index is 1.49. The van der Waals surface area contributed by atoms with Crippen LogP contribution in [-0.2, 0) is 4.74 Å². The number of hydrogen-bond acceptors (Lipinski definition) is 6. The summed E-state index contributed by atoms with van der Waals surface area (Å²) in [6, 6.07) is 10.5. The molecule has 1 saturated heterocycles. The van der Waals surface area contributed by atoms with Crippen LogP contribution < -0.4 is 21.3 Å². The number of benzene rings is 1. The maximum atomic E-state index is 11.9. The first kappa shape index (κ1) is 20.5. The Labute approximate surface area is 178 Å². The van der Waals surface area contributed by atoms with Gasteiger partial charge in [-0.05, 0) is 43.0 Å². The van der Waals surface area contributed by atoms with E-state index in [1.165, 1.54) is 24.9 Å². The molecule has 2 aliphatic rings. The maximum absolute atomic E-state index is 11.9. The van der Waals surface area contributed by atoms with Gasteiger partial charge < -0.3 is 26.0 Å². The van der Waals surface area contributed by atoms with Gasteiger partial charge in [-0.2, -0.15) is 0 Å². The van der Waals surface area contributed by atoms with Crippen LogP contribution in [0.15, 0.2) is 36.5 Å². The second kappa shape index (κ2) is 9.34. The standard InChI is InChI=1S/C23H31N5O2/c1-16-4-2-3-5-20(16)27-21-14-22(25-15-19(21)23(24)29)26-17-6-8-18(9-7-17)28-10-12-30-13-11-28/h6-9,14-16,20H,2-5,10-13H2,1H3,(H2,24,29)(H2,25,26,27). The van der Waals surface area contributed by atoms with E-state index >= 15 is 0 Å². The van der Waals surface area contributed by atoms with Crippen LogP contribution in [0.3, 0.4) is 0 Å². The highest BCUT2D eigenvalue weighted by atomic mass is 16.5. The van der Waals surface area contributed by atoms with Crippen molar-refractivity contribution < 1.29 is 9.53 Å². The number of pyridine rings is 1. The van der Waals surface area contributed by atoms with Crippen molar-refractivity contribution in [1.82, 2.24) is 4.98 Å². The second-order valence-electron chi connectivity index (χ2n) is 8.26. The van der Waals surface area contributed by atoms with Crippen molar-refractivity contribution in [3.8, 4) is 0 Å². The average molecular weight is 410 g/mol. The van der Waals surface area contributed by atoms with E-state index in [0.717, 1.165) is 44.1 Å². The molecule has 1 amide bonds. The lowest BCUT2D eigenvalue weighted by molar-refractivity contribution is 0.100. The number of morpholine rings is 1. The molecule has 7 nitrogen and oxygen atoms in total. The van der Waals surface area contributed by atoms with Gasteiger partial charge in [0.05, 0.1) is 24.5 Å². The van der Waals surface area contributed by atoms with Crippen LogP contribution in [0.1, 0.15) is 43.0 Å². The van der Waals surface area contributed by atoms with E-state index in [9.17, 15) is 4.79 Å². The fourth-order valence-electron chi connectivity index (χ4n) is 4.29. The van der Waals surface area contributed by atoms with E-state index < -0.39 is 5.91 Å². The predicted molar refractivity (Wildman–Crippen MR) is 121 cm³/mol. The number of nitrogens with two attached hydrogens (primary N) is 1. The van der Waals surface area contributed by atoms with Crippen LogP contribution in [0, 0.1) is 5.92 Å². The molecule has 1 aliphatic heterocycles. The van der Waals surface area contributed by atoms with Crippen molar-refractivity contribution in [2.24, 2.45) is 11.7 Å². The van der Waals surface area contributed by atoms with Crippen LogP contribution in [0.2, 0.25) is 0 Å². The number of primary amides is 1. The zero-order valence-electron chi connectivity index (χ0n) is 17.6. The molecule has 1 aromatic carbocycles. The molecule has 2 heterocycles. The lowest BCUT2D eigenvalue weighted by atomic mass is 9.85. The summed E-state index contributed by atoms with van der Waals surface area (Å²) in [5.74, 6) is 0.789. The Hall–Kier alpha value is -2.80. The van der Waals surface area contributed by atoms with Crippen molar-refractivity contribution in [3.05, 3.63) is 42.1 Å². The molecule has 2 unspecified atom stereocenters. The van der Waals surface area contributed by atoms with Crippen molar-refractivity contribution in [3.63, 3.8) is 0 Å². The smallest absolute Gasteiger partial charge is 0.252 e. The van der Waals surface area contributed by atoms with E-state index in [1.54, 1.807) is 6.20 Å². The fraction of sp³-hybridized carbons (Fsp3) is 0.478. The molecule has 30 heavy (non-hydrogen) atoms. The highest BCUT2D eigenvalue weighted by Gasteiger charge is 2.23. The Morgan fingerprint density at radius 2 is 1.90 bits per heavy atom. The normalized spacial score (nSPS) is 21.8. The van der Waals surface area contributed by atoms with Crippen molar-refractivity contribution >= 4 is 28.8 Å². The SMILES string of the molecule is CC1CCCCC1Nc1cc(Nc2ccc(N3CCOCC3)cc2)ncc1C(N)=O. The molecule has 7 heteroatoms. The predicted octanol–water partition coefficient (Wildman–Crippen LogP) is 3.75.